The van der Waals surface area contributed by atoms with Crippen LogP contribution in [-0.4, -0.2) is 30.4 Å². The molecule has 3 heteroatoms. The number of likely N-dealkylation sites (tertiary alicyclic amines) is 1. The summed E-state index contributed by atoms with van der Waals surface area (Å²) < 4.78 is 0. The SMILES string of the molecule is CC(CN1CCC(C(C)(C)C)C1)C(=N)N. The fourth-order valence-electron chi connectivity index (χ4n) is 2.19. The van der Waals surface area contributed by atoms with Gasteiger partial charge in [-0.1, -0.05) is 27.7 Å². The molecule has 2 atom stereocenters. The Morgan fingerprint density at radius 1 is 1.53 bits per heavy atom. The van der Waals surface area contributed by atoms with E-state index in [4.69, 9.17) is 11.1 Å². The lowest BCUT2D eigenvalue weighted by molar-refractivity contribution is 0.224. The second kappa shape index (κ2) is 4.52. The third-order valence-electron chi connectivity index (χ3n) is 3.56. The van der Waals surface area contributed by atoms with Crippen molar-refractivity contribution in [1.29, 1.82) is 5.41 Å². The zero-order chi connectivity index (χ0) is 11.6. The molecule has 0 aliphatic carbocycles. The largest absolute Gasteiger partial charge is 0.387 e. The highest BCUT2D eigenvalue weighted by Gasteiger charge is 2.32. The highest BCUT2D eigenvalue weighted by Crippen LogP contribution is 2.33. The normalized spacial score (nSPS) is 25.5. The van der Waals surface area contributed by atoms with Crippen LogP contribution in [0.15, 0.2) is 0 Å². The van der Waals surface area contributed by atoms with Crippen LogP contribution in [0.1, 0.15) is 34.1 Å². The Labute approximate surface area is 93.5 Å². The number of rotatable bonds is 3. The first-order valence-electron chi connectivity index (χ1n) is 5.87. The molecule has 0 bridgehead atoms. The molecule has 0 aromatic rings. The van der Waals surface area contributed by atoms with Gasteiger partial charge < -0.3 is 10.6 Å². The third-order valence-corrected chi connectivity index (χ3v) is 3.56. The van der Waals surface area contributed by atoms with Crippen LogP contribution >= 0.6 is 0 Å². The fourth-order valence-corrected chi connectivity index (χ4v) is 2.19. The van der Waals surface area contributed by atoms with E-state index in [0.717, 1.165) is 12.5 Å². The van der Waals surface area contributed by atoms with E-state index < -0.39 is 0 Å². The Morgan fingerprint density at radius 2 is 2.13 bits per heavy atom. The molecule has 1 aliphatic rings. The summed E-state index contributed by atoms with van der Waals surface area (Å²) in [5.41, 5.74) is 5.90. The molecule has 0 amide bonds. The van der Waals surface area contributed by atoms with Crippen molar-refractivity contribution in [2.24, 2.45) is 23.0 Å². The molecule has 15 heavy (non-hydrogen) atoms. The van der Waals surface area contributed by atoms with Crippen molar-refractivity contribution in [3.63, 3.8) is 0 Å². The second-order valence-corrected chi connectivity index (χ2v) is 5.97. The van der Waals surface area contributed by atoms with Crippen molar-refractivity contribution >= 4 is 5.84 Å². The molecule has 88 valence electrons. The number of nitrogens with zero attached hydrogens (tertiary/aromatic N) is 1. The molecule has 3 nitrogen and oxygen atoms in total. The smallest absolute Gasteiger partial charge is 0.0947 e. The minimum atomic E-state index is 0.198. The van der Waals surface area contributed by atoms with Gasteiger partial charge in [0.05, 0.1) is 5.84 Å². The van der Waals surface area contributed by atoms with Crippen LogP contribution in [0, 0.1) is 22.7 Å². The van der Waals surface area contributed by atoms with E-state index in [-0.39, 0.29) is 5.92 Å². The second-order valence-electron chi connectivity index (χ2n) is 5.97. The maximum absolute atomic E-state index is 7.39. The molecule has 0 saturated carbocycles. The van der Waals surface area contributed by atoms with Gasteiger partial charge in [0.15, 0.2) is 0 Å². The summed E-state index contributed by atoms with van der Waals surface area (Å²) in [6.45, 7) is 12.3. The van der Waals surface area contributed by atoms with Crippen molar-refractivity contribution in [2.45, 2.75) is 34.1 Å². The van der Waals surface area contributed by atoms with Crippen LogP contribution in [0.2, 0.25) is 0 Å². The highest BCUT2D eigenvalue weighted by atomic mass is 15.1. The summed E-state index contributed by atoms with van der Waals surface area (Å²) in [6.07, 6.45) is 1.29. The number of hydrogen-bond donors (Lipinski definition) is 2. The monoisotopic (exact) mass is 211 g/mol. The summed E-state index contributed by atoms with van der Waals surface area (Å²) in [7, 11) is 0. The molecule has 0 aromatic heterocycles. The van der Waals surface area contributed by atoms with Crippen molar-refractivity contribution < 1.29 is 0 Å². The molecule has 1 heterocycles. The average molecular weight is 211 g/mol. The number of hydrogen-bond acceptors (Lipinski definition) is 2. The van der Waals surface area contributed by atoms with E-state index >= 15 is 0 Å². The number of nitrogens with one attached hydrogen (secondary N) is 1. The molecule has 1 saturated heterocycles. The first-order chi connectivity index (χ1) is 6.80. The molecule has 1 fully saturated rings. The van der Waals surface area contributed by atoms with Crippen molar-refractivity contribution in [3.8, 4) is 0 Å². The van der Waals surface area contributed by atoms with E-state index in [9.17, 15) is 0 Å². The molecule has 1 aliphatic heterocycles. The molecule has 2 unspecified atom stereocenters. The number of nitrogens with two attached hydrogens (primary N) is 1. The number of amidine groups is 1. The van der Waals surface area contributed by atoms with Crippen LogP contribution in [0.4, 0.5) is 0 Å². The van der Waals surface area contributed by atoms with Gasteiger partial charge in [-0.25, -0.2) is 0 Å². The Bertz CT molecular complexity index is 230. The van der Waals surface area contributed by atoms with E-state index in [1.807, 2.05) is 6.92 Å². The third kappa shape index (κ3) is 3.49. The van der Waals surface area contributed by atoms with Crippen molar-refractivity contribution in [2.75, 3.05) is 19.6 Å². The van der Waals surface area contributed by atoms with Crippen LogP contribution in [0.3, 0.4) is 0 Å². The lowest BCUT2D eigenvalue weighted by atomic mass is 9.80. The average Bonchev–Trinajstić information content (AvgIpc) is 2.51. The lowest BCUT2D eigenvalue weighted by Gasteiger charge is -2.27. The van der Waals surface area contributed by atoms with Crippen LogP contribution in [-0.2, 0) is 0 Å². The molecule has 0 spiro atoms. The van der Waals surface area contributed by atoms with Crippen LogP contribution < -0.4 is 5.73 Å². The van der Waals surface area contributed by atoms with Gasteiger partial charge in [0.2, 0.25) is 0 Å². The minimum absolute atomic E-state index is 0.198. The van der Waals surface area contributed by atoms with Gasteiger partial charge in [-0.05, 0) is 24.3 Å². The topological polar surface area (TPSA) is 53.1 Å². The summed E-state index contributed by atoms with van der Waals surface area (Å²) in [5.74, 6) is 1.30. The van der Waals surface area contributed by atoms with E-state index in [1.165, 1.54) is 19.5 Å². The predicted molar refractivity (Wildman–Crippen MR) is 65.1 cm³/mol. The quantitative estimate of drug-likeness (QED) is 0.553. The summed E-state index contributed by atoms with van der Waals surface area (Å²) in [5, 5.41) is 7.39. The van der Waals surface area contributed by atoms with Gasteiger partial charge in [-0.3, -0.25) is 5.41 Å². The highest BCUT2D eigenvalue weighted by molar-refractivity contribution is 5.79. The molecular weight excluding hydrogens is 186 g/mol. The Kier molecular flexibility index (Phi) is 3.77. The van der Waals surface area contributed by atoms with Crippen LogP contribution in [0.5, 0.6) is 0 Å². The van der Waals surface area contributed by atoms with Gasteiger partial charge >= 0.3 is 0 Å². The van der Waals surface area contributed by atoms with Gasteiger partial charge in [0.1, 0.15) is 0 Å². The Hall–Kier alpha value is -0.570. The zero-order valence-corrected chi connectivity index (χ0v) is 10.5. The van der Waals surface area contributed by atoms with Gasteiger partial charge in [-0.2, -0.15) is 0 Å². The first kappa shape index (κ1) is 12.5. The van der Waals surface area contributed by atoms with Crippen molar-refractivity contribution in [1.82, 2.24) is 4.90 Å². The van der Waals surface area contributed by atoms with Gasteiger partial charge in [0.25, 0.3) is 0 Å². The molecule has 0 aromatic carbocycles. The van der Waals surface area contributed by atoms with E-state index in [0.29, 0.717) is 11.3 Å². The molecule has 3 N–H and O–H groups in total. The fraction of sp³-hybridized carbons (Fsp3) is 0.917. The minimum Gasteiger partial charge on any atom is -0.387 e. The van der Waals surface area contributed by atoms with E-state index in [1.54, 1.807) is 0 Å². The van der Waals surface area contributed by atoms with E-state index in [2.05, 4.69) is 25.7 Å². The summed E-state index contributed by atoms with van der Waals surface area (Å²) >= 11 is 0. The standard InChI is InChI=1S/C12H25N3/c1-9(11(13)14)7-15-6-5-10(8-15)12(2,3)4/h9-10H,5-8H2,1-4H3,(H3,13,14). The Morgan fingerprint density at radius 3 is 2.53 bits per heavy atom. The first-order valence-corrected chi connectivity index (χ1v) is 5.87. The Balaban J connectivity index is 2.40. The lowest BCUT2D eigenvalue weighted by Crippen LogP contribution is -2.34. The molecular formula is C12H25N3. The molecule has 0 radical (unpaired) electrons. The maximum Gasteiger partial charge on any atom is 0.0947 e. The van der Waals surface area contributed by atoms with Gasteiger partial charge in [0, 0.05) is 19.0 Å². The van der Waals surface area contributed by atoms with Gasteiger partial charge in [-0.15, -0.1) is 0 Å². The maximum atomic E-state index is 7.39. The zero-order valence-electron chi connectivity index (χ0n) is 10.5. The van der Waals surface area contributed by atoms with Crippen molar-refractivity contribution in [3.05, 3.63) is 0 Å². The predicted octanol–water partition coefficient (Wildman–Crippen LogP) is 1.93. The summed E-state index contributed by atoms with van der Waals surface area (Å²) in [4.78, 5) is 2.45. The summed E-state index contributed by atoms with van der Waals surface area (Å²) in [6, 6.07) is 0. The molecule has 1 rings (SSSR count). The van der Waals surface area contributed by atoms with Crippen LogP contribution in [0.25, 0.3) is 0 Å².